The van der Waals surface area contributed by atoms with Gasteiger partial charge in [0.25, 0.3) is 0 Å². The lowest BCUT2D eigenvalue weighted by Crippen LogP contribution is -2.52. The van der Waals surface area contributed by atoms with Crippen molar-refractivity contribution in [2.75, 3.05) is 37.8 Å². The van der Waals surface area contributed by atoms with Gasteiger partial charge in [0.15, 0.2) is 5.16 Å². The first-order valence-corrected chi connectivity index (χ1v) is 12.7. The molecule has 0 spiro atoms. The summed E-state index contributed by atoms with van der Waals surface area (Å²) in [6.07, 6.45) is 7.96. The number of nitriles is 1. The van der Waals surface area contributed by atoms with Crippen LogP contribution in [0.5, 0.6) is 0 Å². The molecule has 7 heteroatoms. The number of nitrogens with zero attached hydrogens (tertiary/aromatic N) is 5. The molecule has 31 heavy (non-hydrogen) atoms. The Morgan fingerprint density at radius 1 is 1.26 bits per heavy atom. The average molecular weight is 456 g/mol. The Balaban J connectivity index is 1.51. The molecule has 4 rings (SSSR count). The highest BCUT2D eigenvalue weighted by Gasteiger charge is 2.30. The lowest BCUT2D eigenvalue weighted by molar-refractivity contribution is 0.220. The Kier molecular flexibility index (Phi) is 7.37. The number of likely N-dealkylation sites (N-methyl/N-ethyl adjacent to an activating group) is 1. The van der Waals surface area contributed by atoms with Crippen LogP contribution >= 0.6 is 23.4 Å². The van der Waals surface area contributed by atoms with Gasteiger partial charge in [-0.3, -0.25) is 4.90 Å². The van der Waals surface area contributed by atoms with Gasteiger partial charge in [-0.1, -0.05) is 41.6 Å². The SMILES string of the molecule is CSc1nc2c(c(N3CCN(C)C(CC#N)C3)n1)CCC(CCc1ccccc1Cl)C2. The van der Waals surface area contributed by atoms with Gasteiger partial charge in [-0.05, 0) is 63.0 Å². The summed E-state index contributed by atoms with van der Waals surface area (Å²) in [5.74, 6) is 1.73. The molecule has 2 unspecified atom stereocenters. The maximum absolute atomic E-state index is 9.21. The summed E-state index contributed by atoms with van der Waals surface area (Å²) in [4.78, 5) is 14.5. The standard InChI is InChI=1S/C24H30ClN5S/c1-29-13-14-30(16-19(29)11-12-26)23-20-10-8-17(15-22(20)27-24(28-23)31-2)7-9-18-5-3-4-6-21(18)25/h3-6,17,19H,7-11,13-16H2,1-2H3. The van der Waals surface area contributed by atoms with Crippen molar-refractivity contribution in [3.63, 3.8) is 0 Å². The highest BCUT2D eigenvalue weighted by atomic mass is 35.5. The topological polar surface area (TPSA) is 56.1 Å². The van der Waals surface area contributed by atoms with Crippen molar-refractivity contribution in [1.82, 2.24) is 14.9 Å². The average Bonchev–Trinajstić information content (AvgIpc) is 2.79. The molecule has 164 valence electrons. The minimum atomic E-state index is 0.258. The highest BCUT2D eigenvalue weighted by molar-refractivity contribution is 7.98. The van der Waals surface area contributed by atoms with Gasteiger partial charge >= 0.3 is 0 Å². The summed E-state index contributed by atoms with van der Waals surface area (Å²) in [5, 5.41) is 10.9. The number of aromatic nitrogens is 2. The third-order valence-corrected chi connectivity index (χ3v) is 7.62. The second-order valence-corrected chi connectivity index (χ2v) is 9.82. The first-order chi connectivity index (χ1) is 15.1. The van der Waals surface area contributed by atoms with E-state index in [9.17, 15) is 5.26 Å². The van der Waals surface area contributed by atoms with Crippen LogP contribution in [0.15, 0.2) is 29.4 Å². The van der Waals surface area contributed by atoms with Crippen LogP contribution in [0.25, 0.3) is 0 Å². The van der Waals surface area contributed by atoms with Crippen LogP contribution in [-0.2, 0) is 19.3 Å². The Bertz CT molecular complexity index is 959. The molecule has 1 fully saturated rings. The second kappa shape index (κ2) is 10.2. The third kappa shape index (κ3) is 5.16. The molecule has 1 aromatic carbocycles. The van der Waals surface area contributed by atoms with E-state index in [1.54, 1.807) is 11.8 Å². The van der Waals surface area contributed by atoms with Crippen molar-refractivity contribution in [2.24, 2.45) is 5.92 Å². The van der Waals surface area contributed by atoms with Gasteiger partial charge in [-0.25, -0.2) is 9.97 Å². The van der Waals surface area contributed by atoms with Crippen molar-refractivity contribution < 1.29 is 0 Å². The van der Waals surface area contributed by atoms with Gasteiger partial charge in [0, 0.05) is 36.3 Å². The number of hydrogen-bond acceptors (Lipinski definition) is 6. The van der Waals surface area contributed by atoms with Crippen LogP contribution in [0.1, 0.15) is 36.1 Å². The van der Waals surface area contributed by atoms with Crippen LogP contribution in [-0.4, -0.2) is 53.8 Å². The molecule has 1 aliphatic carbocycles. The normalized spacial score (nSPS) is 21.5. The lowest BCUT2D eigenvalue weighted by Gasteiger charge is -2.40. The Morgan fingerprint density at radius 2 is 2.10 bits per heavy atom. The van der Waals surface area contributed by atoms with Gasteiger partial charge in [-0.2, -0.15) is 5.26 Å². The molecule has 2 aliphatic rings. The number of halogens is 1. The molecule has 2 heterocycles. The first-order valence-electron chi connectivity index (χ1n) is 11.1. The number of rotatable bonds is 6. The van der Waals surface area contributed by atoms with Crippen LogP contribution in [0.4, 0.5) is 5.82 Å². The van der Waals surface area contributed by atoms with E-state index < -0.39 is 0 Å². The van der Waals surface area contributed by atoms with Crippen molar-refractivity contribution >= 4 is 29.2 Å². The van der Waals surface area contributed by atoms with Crippen LogP contribution in [0, 0.1) is 17.2 Å². The van der Waals surface area contributed by atoms with E-state index in [4.69, 9.17) is 21.6 Å². The van der Waals surface area contributed by atoms with E-state index in [-0.39, 0.29) is 6.04 Å². The van der Waals surface area contributed by atoms with E-state index >= 15 is 0 Å². The molecule has 0 saturated carbocycles. The Hall–Kier alpha value is -1.81. The summed E-state index contributed by atoms with van der Waals surface area (Å²) < 4.78 is 0. The zero-order chi connectivity index (χ0) is 21.8. The van der Waals surface area contributed by atoms with E-state index in [1.807, 2.05) is 18.4 Å². The van der Waals surface area contributed by atoms with Gasteiger partial charge in [0.1, 0.15) is 5.82 Å². The number of aryl methyl sites for hydroxylation is 1. The predicted octanol–water partition coefficient (Wildman–Crippen LogP) is 4.62. The fourth-order valence-corrected chi connectivity index (χ4v) is 5.38. The van der Waals surface area contributed by atoms with Crippen molar-refractivity contribution in [2.45, 2.75) is 49.7 Å². The van der Waals surface area contributed by atoms with Gasteiger partial charge in [0.2, 0.25) is 0 Å². The summed E-state index contributed by atoms with van der Waals surface area (Å²) >= 11 is 7.98. The second-order valence-electron chi connectivity index (χ2n) is 8.64. The molecular weight excluding hydrogens is 426 g/mol. The molecule has 0 amide bonds. The molecule has 5 nitrogen and oxygen atoms in total. The number of benzene rings is 1. The van der Waals surface area contributed by atoms with Crippen LogP contribution < -0.4 is 4.90 Å². The molecule has 1 aromatic heterocycles. The van der Waals surface area contributed by atoms with E-state index in [2.05, 4.69) is 35.0 Å². The van der Waals surface area contributed by atoms with E-state index in [1.165, 1.54) is 23.2 Å². The highest BCUT2D eigenvalue weighted by Crippen LogP contribution is 2.35. The number of piperazine rings is 1. The van der Waals surface area contributed by atoms with E-state index in [0.717, 1.165) is 61.3 Å². The zero-order valence-corrected chi connectivity index (χ0v) is 19.9. The monoisotopic (exact) mass is 455 g/mol. The maximum atomic E-state index is 9.21. The smallest absolute Gasteiger partial charge is 0.189 e. The molecule has 1 saturated heterocycles. The summed E-state index contributed by atoms with van der Waals surface area (Å²) in [6.45, 7) is 2.77. The Labute approximate surface area is 194 Å². The summed E-state index contributed by atoms with van der Waals surface area (Å²) in [5.41, 5.74) is 3.79. The number of anilines is 1. The maximum Gasteiger partial charge on any atom is 0.189 e. The van der Waals surface area contributed by atoms with Crippen LogP contribution in [0.3, 0.4) is 0 Å². The zero-order valence-electron chi connectivity index (χ0n) is 18.4. The minimum Gasteiger partial charge on any atom is -0.353 e. The first kappa shape index (κ1) is 22.4. The lowest BCUT2D eigenvalue weighted by atomic mass is 9.83. The number of thioether (sulfide) groups is 1. The largest absolute Gasteiger partial charge is 0.353 e. The summed E-state index contributed by atoms with van der Waals surface area (Å²) in [6, 6.07) is 10.8. The fraction of sp³-hybridized carbons (Fsp3) is 0.542. The Morgan fingerprint density at radius 3 is 2.87 bits per heavy atom. The predicted molar refractivity (Wildman–Crippen MR) is 128 cm³/mol. The van der Waals surface area contributed by atoms with Crippen molar-refractivity contribution in [3.05, 3.63) is 46.1 Å². The van der Waals surface area contributed by atoms with E-state index in [0.29, 0.717) is 12.3 Å². The minimum absolute atomic E-state index is 0.258. The summed E-state index contributed by atoms with van der Waals surface area (Å²) in [7, 11) is 2.12. The quantitative estimate of drug-likeness (QED) is 0.467. The van der Waals surface area contributed by atoms with Gasteiger partial charge in [-0.15, -0.1) is 0 Å². The molecular formula is C24H30ClN5S. The molecule has 0 bridgehead atoms. The molecule has 0 radical (unpaired) electrons. The number of fused-ring (bicyclic) bond motifs is 1. The van der Waals surface area contributed by atoms with Crippen molar-refractivity contribution in [1.29, 1.82) is 5.26 Å². The van der Waals surface area contributed by atoms with Gasteiger partial charge in [0.05, 0.1) is 18.2 Å². The fourth-order valence-electron chi connectivity index (χ4n) is 4.77. The van der Waals surface area contributed by atoms with Crippen molar-refractivity contribution in [3.8, 4) is 6.07 Å². The van der Waals surface area contributed by atoms with Gasteiger partial charge < -0.3 is 4.90 Å². The molecule has 1 aliphatic heterocycles. The molecule has 2 atom stereocenters. The third-order valence-electron chi connectivity index (χ3n) is 6.70. The molecule has 0 N–H and O–H groups in total. The van der Waals surface area contributed by atoms with Crippen LogP contribution in [0.2, 0.25) is 5.02 Å². The number of hydrogen-bond donors (Lipinski definition) is 0. The molecule has 2 aromatic rings.